The number of benzene rings is 1. The van der Waals surface area contributed by atoms with Crippen LogP contribution in [0.3, 0.4) is 0 Å². The van der Waals surface area contributed by atoms with Gasteiger partial charge in [-0.1, -0.05) is 42.0 Å². The lowest BCUT2D eigenvalue weighted by Crippen LogP contribution is -2.46. The number of amides is 1. The van der Waals surface area contributed by atoms with Crippen molar-refractivity contribution in [2.45, 2.75) is 55.8 Å². The molecule has 1 aromatic carbocycles. The normalized spacial score (nSPS) is 25.5. The van der Waals surface area contributed by atoms with Gasteiger partial charge in [0.1, 0.15) is 5.60 Å². The van der Waals surface area contributed by atoms with E-state index >= 15 is 0 Å². The van der Waals surface area contributed by atoms with Gasteiger partial charge in [-0.3, -0.25) is 0 Å². The molecule has 3 rings (SSSR count). The summed E-state index contributed by atoms with van der Waals surface area (Å²) in [5, 5.41) is 3.13. The molecular formula is C20H27NO2S2. The fourth-order valence-electron chi connectivity index (χ4n) is 3.57. The molecule has 2 unspecified atom stereocenters. The Kier molecular flexibility index (Phi) is 5.45. The van der Waals surface area contributed by atoms with Crippen molar-refractivity contribution in [1.82, 2.24) is 5.32 Å². The van der Waals surface area contributed by atoms with Crippen molar-refractivity contribution >= 4 is 29.6 Å². The van der Waals surface area contributed by atoms with Gasteiger partial charge in [0.15, 0.2) is 0 Å². The molecule has 3 nitrogen and oxygen atoms in total. The number of thioether (sulfide) groups is 2. The molecular weight excluding hydrogens is 350 g/mol. The summed E-state index contributed by atoms with van der Waals surface area (Å²) in [5.41, 5.74) is 2.02. The van der Waals surface area contributed by atoms with E-state index in [1.165, 1.54) is 22.6 Å². The quantitative estimate of drug-likeness (QED) is 0.720. The first-order chi connectivity index (χ1) is 11.8. The molecule has 1 N–H and O–H groups in total. The zero-order valence-electron chi connectivity index (χ0n) is 15.4. The van der Waals surface area contributed by atoms with E-state index in [-0.39, 0.29) is 22.1 Å². The molecule has 0 aromatic heterocycles. The minimum absolute atomic E-state index is 0.0234. The number of rotatable bonds is 2. The smallest absolute Gasteiger partial charge is 0.408 e. The van der Waals surface area contributed by atoms with Gasteiger partial charge in [0.2, 0.25) is 0 Å². The van der Waals surface area contributed by atoms with Crippen LogP contribution in [0, 0.1) is 0 Å². The van der Waals surface area contributed by atoms with Gasteiger partial charge in [0.05, 0.1) is 10.1 Å². The van der Waals surface area contributed by atoms with Crippen LogP contribution < -0.4 is 5.32 Å². The van der Waals surface area contributed by atoms with Crippen molar-refractivity contribution in [3.8, 4) is 0 Å². The number of hydrogen-bond acceptors (Lipinski definition) is 4. The van der Waals surface area contributed by atoms with Crippen LogP contribution in [0.5, 0.6) is 0 Å². The summed E-state index contributed by atoms with van der Waals surface area (Å²) in [4.78, 5) is 12.4. The molecule has 1 aromatic rings. The van der Waals surface area contributed by atoms with Gasteiger partial charge >= 0.3 is 6.09 Å². The maximum Gasteiger partial charge on any atom is 0.408 e. The van der Waals surface area contributed by atoms with Crippen LogP contribution >= 0.6 is 23.5 Å². The lowest BCUT2D eigenvalue weighted by atomic mass is 9.79. The Hall–Kier alpha value is -1.07. The minimum atomic E-state index is -0.489. The molecule has 1 saturated heterocycles. The van der Waals surface area contributed by atoms with Gasteiger partial charge in [-0.05, 0) is 39.7 Å². The molecule has 136 valence electrons. The lowest BCUT2D eigenvalue weighted by Gasteiger charge is -2.40. The van der Waals surface area contributed by atoms with Gasteiger partial charge < -0.3 is 10.1 Å². The molecule has 25 heavy (non-hydrogen) atoms. The summed E-state index contributed by atoms with van der Waals surface area (Å²) in [6, 6.07) is 10.5. The van der Waals surface area contributed by atoms with Crippen LogP contribution in [0.2, 0.25) is 0 Å². The molecule has 0 saturated carbocycles. The molecule has 1 heterocycles. The Balaban J connectivity index is 1.88. The van der Waals surface area contributed by atoms with E-state index in [2.05, 4.69) is 42.6 Å². The van der Waals surface area contributed by atoms with Crippen LogP contribution in [0.25, 0.3) is 0 Å². The van der Waals surface area contributed by atoms with Crippen molar-refractivity contribution in [3.05, 3.63) is 47.5 Å². The van der Waals surface area contributed by atoms with Crippen LogP contribution in [0.15, 0.2) is 42.0 Å². The highest BCUT2D eigenvalue weighted by atomic mass is 32.2. The maximum absolute atomic E-state index is 12.4. The third-order valence-corrected chi connectivity index (χ3v) is 7.85. The standard InChI is InChI=1S/C20H27NO2S2/c1-14-12-20(24-10-11-25-20)13-16(15-8-6-5-7-9-15)17(14)21-18(22)23-19(2,3)4/h5-9,12,16-17H,10-11,13H2,1-4H3,(H,21,22). The fraction of sp³-hybridized carbons (Fsp3) is 0.550. The Morgan fingerprint density at radius 2 is 1.84 bits per heavy atom. The van der Waals surface area contributed by atoms with E-state index < -0.39 is 5.60 Å². The van der Waals surface area contributed by atoms with Crippen LogP contribution in [0.4, 0.5) is 4.79 Å². The average molecular weight is 378 g/mol. The minimum Gasteiger partial charge on any atom is -0.444 e. The first-order valence-corrected chi connectivity index (χ1v) is 10.8. The summed E-state index contributed by atoms with van der Waals surface area (Å²) in [7, 11) is 0. The largest absolute Gasteiger partial charge is 0.444 e. The van der Waals surface area contributed by atoms with E-state index in [0.29, 0.717) is 0 Å². The van der Waals surface area contributed by atoms with Crippen molar-refractivity contribution < 1.29 is 9.53 Å². The molecule has 0 bridgehead atoms. The Morgan fingerprint density at radius 1 is 1.20 bits per heavy atom. The van der Waals surface area contributed by atoms with Gasteiger partial charge in [-0.2, -0.15) is 0 Å². The van der Waals surface area contributed by atoms with E-state index in [0.717, 1.165) is 6.42 Å². The molecule has 1 aliphatic carbocycles. The highest BCUT2D eigenvalue weighted by Gasteiger charge is 2.44. The molecule has 0 radical (unpaired) electrons. The number of ether oxygens (including phenoxy) is 1. The SMILES string of the molecule is CC1=CC2(CC(c3ccccc3)C1NC(=O)OC(C)(C)C)SCCS2. The summed E-state index contributed by atoms with van der Waals surface area (Å²) < 4.78 is 5.65. The van der Waals surface area contributed by atoms with E-state index in [1.54, 1.807) is 0 Å². The van der Waals surface area contributed by atoms with Gasteiger partial charge in [-0.15, -0.1) is 23.5 Å². The predicted molar refractivity (Wildman–Crippen MR) is 108 cm³/mol. The highest BCUT2D eigenvalue weighted by Crippen LogP contribution is 2.54. The summed E-state index contributed by atoms with van der Waals surface area (Å²) in [5.74, 6) is 2.65. The zero-order chi connectivity index (χ0) is 18.1. The second-order valence-corrected chi connectivity index (χ2v) is 10.9. The number of carbonyl (C=O) groups excluding carboxylic acids is 1. The lowest BCUT2D eigenvalue weighted by molar-refractivity contribution is 0.0503. The van der Waals surface area contributed by atoms with Crippen molar-refractivity contribution in [2.75, 3.05) is 11.5 Å². The average Bonchev–Trinajstić information content (AvgIpc) is 2.97. The Labute approximate surface area is 159 Å². The molecule has 2 aliphatic rings. The maximum atomic E-state index is 12.4. The Bertz CT molecular complexity index is 645. The third-order valence-electron chi connectivity index (χ3n) is 4.52. The third kappa shape index (κ3) is 4.56. The van der Waals surface area contributed by atoms with Crippen LogP contribution in [-0.4, -0.2) is 33.3 Å². The number of alkyl carbamates (subject to hydrolysis) is 1. The summed E-state index contributed by atoms with van der Waals surface area (Å²) in [6.45, 7) is 7.82. The first kappa shape index (κ1) is 18.7. The zero-order valence-corrected chi connectivity index (χ0v) is 17.0. The summed E-state index contributed by atoms with van der Waals surface area (Å²) in [6.07, 6.45) is 3.06. The fourth-order valence-corrected chi connectivity index (χ4v) is 6.89. The van der Waals surface area contributed by atoms with Gasteiger partial charge in [0.25, 0.3) is 0 Å². The van der Waals surface area contributed by atoms with Crippen molar-refractivity contribution in [1.29, 1.82) is 0 Å². The van der Waals surface area contributed by atoms with E-state index in [9.17, 15) is 4.79 Å². The van der Waals surface area contributed by atoms with E-state index in [4.69, 9.17) is 4.74 Å². The van der Waals surface area contributed by atoms with Gasteiger partial charge in [0, 0.05) is 17.4 Å². The van der Waals surface area contributed by atoms with Crippen molar-refractivity contribution in [2.24, 2.45) is 0 Å². The number of carbonyl (C=O) groups is 1. The topological polar surface area (TPSA) is 38.3 Å². The van der Waals surface area contributed by atoms with Crippen molar-refractivity contribution in [3.63, 3.8) is 0 Å². The second kappa shape index (κ2) is 7.28. The van der Waals surface area contributed by atoms with Crippen LogP contribution in [0.1, 0.15) is 45.6 Å². The van der Waals surface area contributed by atoms with Gasteiger partial charge in [-0.25, -0.2) is 4.79 Å². The predicted octanol–water partition coefficient (Wildman–Crippen LogP) is 5.19. The molecule has 1 fully saturated rings. The monoisotopic (exact) mass is 377 g/mol. The Morgan fingerprint density at radius 3 is 2.44 bits per heavy atom. The molecule has 2 atom stereocenters. The summed E-state index contributed by atoms with van der Waals surface area (Å²) >= 11 is 4.08. The van der Waals surface area contributed by atoms with Crippen LogP contribution in [-0.2, 0) is 4.74 Å². The second-order valence-electron chi connectivity index (χ2n) is 7.74. The van der Waals surface area contributed by atoms with E-state index in [1.807, 2.05) is 50.4 Å². The molecule has 1 amide bonds. The number of nitrogens with one attached hydrogen (secondary N) is 1. The number of hydrogen-bond donors (Lipinski definition) is 1. The first-order valence-electron chi connectivity index (χ1n) is 8.80. The molecule has 5 heteroatoms. The molecule has 1 spiro atoms. The highest BCUT2D eigenvalue weighted by molar-refractivity contribution is 8.21. The molecule has 1 aliphatic heterocycles.